The minimum atomic E-state index is 0.386. The summed E-state index contributed by atoms with van der Waals surface area (Å²) in [7, 11) is 4.32. The standard InChI is InChI=1S/C18H31N3/c1-14(2)18(21-12-11-20(5)13-15(21)3)17(19-4)16-9-7-6-8-10-16/h6-10,14-15,17-19H,11-13H2,1-5H3. The summed E-state index contributed by atoms with van der Waals surface area (Å²) in [4.78, 5) is 5.15. The second-order valence-electron chi connectivity index (χ2n) is 6.76. The third-order valence-corrected chi connectivity index (χ3v) is 4.76. The molecule has 3 nitrogen and oxygen atoms in total. The van der Waals surface area contributed by atoms with E-state index in [1.54, 1.807) is 0 Å². The van der Waals surface area contributed by atoms with Crippen LogP contribution < -0.4 is 5.32 Å². The van der Waals surface area contributed by atoms with Gasteiger partial charge in [0, 0.05) is 37.8 Å². The van der Waals surface area contributed by atoms with E-state index < -0.39 is 0 Å². The number of rotatable bonds is 5. The molecule has 0 spiro atoms. The van der Waals surface area contributed by atoms with Crippen LogP contribution in [0.5, 0.6) is 0 Å². The fourth-order valence-corrected chi connectivity index (χ4v) is 3.75. The largest absolute Gasteiger partial charge is 0.312 e. The van der Waals surface area contributed by atoms with Gasteiger partial charge in [-0.25, -0.2) is 0 Å². The summed E-state index contributed by atoms with van der Waals surface area (Å²) in [5.74, 6) is 0.619. The molecule has 0 aliphatic carbocycles. The molecule has 1 aromatic carbocycles. The predicted octanol–water partition coefficient (Wildman–Crippen LogP) is 2.61. The summed E-state index contributed by atoms with van der Waals surface area (Å²) >= 11 is 0. The van der Waals surface area contributed by atoms with Gasteiger partial charge in [0.1, 0.15) is 0 Å². The molecular formula is C18H31N3. The van der Waals surface area contributed by atoms with Crippen molar-refractivity contribution in [2.45, 2.75) is 38.9 Å². The van der Waals surface area contributed by atoms with Crippen LogP contribution in [-0.2, 0) is 0 Å². The summed E-state index contributed by atoms with van der Waals surface area (Å²) in [6, 6.07) is 12.4. The second-order valence-corrected chi connectivity index (χ2v) is 6.76. The van der Waals surface area contributed by atoms with Crippen LogP contribution in [0.25, 0.3) is 0 Å². The van der Waals surface area contributed by atoms with Crippen molar-refractivity contribution in [1.82, 2.24) is 15.1 Å². The van der Waals surface area contributed by atoms with E-state index in [1.165, 1.54) is 12.1 Å². The third kappa shape index (κ3) is 3.85. The van der Waals surface area contributed by atoms with E-state index in [0.29, 0.717) is 24.0 Å². The highest BCUT2D eigenvalue weighted by atomic mass is 15.3. The molecule has 0 radical (unpaired) electrons. The first-order valence-corrected chi connectivity index (χ1v) is 8.21. The predicted molar refractivity (Wildman–Crippen MR) is 90.5 cm³/mol. The van der Waals surface area contributed by atoms with E-state index in [-0.39, 0.29) is 0 Å². The van der Waals surface area contributed by atoms with E-state index >= 15 is 0 Å². The van der Waals surface area contributed by atoms with E-state index in [0.717, 1.165) is 13.1 Å². The van der Waals surface area contributed by atoms with Crippen LogP contribution in [0.4, 0.5) is 0 Å². The lowest BCUT2D eigenvalue weighted by molar-refractivity contribution is 0.0255. The first-order chi connectivity index (χ1) is 10.0. The average molecular weight is 289 g/mol. The first kappa shape index (κ1) is 16.5. The number of likely N-dealkylation sites (N-methyl/N-ethyl adjacent to an activating group) is 2. The minimum Gasteiger partial charge on any atom is -0.312 e. The average Bonchev–Trinajstić information content (AvgIpc) is 2.46. The molecule has 3 heteroatoms. The Kier molecular flexibility index (Phi) is 5.80. The minimum absolute atomic E-state index is 0.386. The van der Waals surface area contributed by atoms with Gasteiger partial charge in [0.05, 0.1) is 0 Å². The first-order valence-electron chi connectivity index (χ1n) is 8.21. The molecule has 0 aromatic heterocycles. The maximum Gasteiger partial charge on any atom is 0.0478 e. The fourth-order valence-electron chi connectivity index (χ4n) is 3.75. The van der Waals surface area contributed by atoms with Crippen molar-refractivity contribution in [3.8, 4) is 0 Å². The van der Waals surface area contributed by atoms with Gasteiger partial charge in [0.15, 0.2) is 0 Å². The molecule has 3 atom stereocenters. The highest BCUT2D eigenvalue weighted by molar-refractivity contribution is 5.21. The van der Waals surface area contributed by atoms with Gasteiger partial charge in [-0.15, -0.1) is 0 Å². The van der Waals surface area contributed by atoms with Crippen LogP contribution in [0.3, 0.4) is 0 Å². The number of hydrogen-bond donors (Lipinski definition) is 1. The molecule has 1 saturated heterocycles. The Morgan fingerprint density at radius 3 is 2.33 bits per heavy atom. The molecule has 1 heterocycles. The lowest BCUT2D eigenvalue weighted by Crippen LogP contribution is -2.58. The zero-order valence-electron chi connectivity index (χ0n) is 14.2. The monoisotopic (exact) mass is 289 g/mol. The number of benzene rings is 1. The van der Waals surface area contributed by atoms with Gasteiger partial charge in [-0.1, -0.05) is 44.2 Å². The quantitative estimate of drug-likeness (QED) is 0.899. The normalized spacial score (nSPS) is 24.2. The van der Waals surface area contributed by atoms with Crippen LogP contribution in [0.2, 0.25) is 0 Å². The zero-order chi connectivity index (χ0) is 15.4. The number of hydrogen-bond acceptors (Lipinski definition) is 3. The molecule has 118 valence electrons. The van der Waals surface area contributed by atoms with E-state index in [4.69, 9.17) is 0 Å². The van der Waals surface area contributed by atoms with Gasteiger partial charge < -0.3 is 10.2 Å². The number of nitrogens with zero attached hydrogens (tertiary/aromatic N) is 2. The van der Waals surface area contributed by atoms with Crippen molar-refractivity contribution in [1.29, 1.82) is 0 Å². The van der Waals surface area contributed by atoms with Gasteiger partial charge in [-0.2, -0.15) is 0 Å². The molecule has 1 fully saturated rings. The molecular weight excluding hydrogens is 258 g/mol. The number of nitrogens with one attached hydrogen (secondary N) is 1. The molecule has 1 N–H and O–H groups in total. The molecule has 1 aliphatic rings. The van der Waals surface area contributed by atoms with E-state index in [9.17, 15) is 0 Å². The number of piperazine rings is 1. The zero-order valence-corrected chi connectivity index (χ0v) is 14.2. The third-order valence-electron chi connectivity index (χ3n) is 4.76. The molecule has 3 unspecified atom stereocenters. The Bertz CT molecular complexity index is 418. The smallest absolute Gasteiger partial charge is 0.0478 e. The Labute approximate surface area is 130 Å². The van der Waals surface area contributed by atoms with Crippen LogP contribution in [0.15, 0.2) is 30.3 Å². The lowest BCUT2D eigenvalue weighted by atomic mass is 9.88. The summed E-state index contributed by atoms with van der Waals surface area (Å²) in [6.45, 7) is 10.5. The van der Waals surface area contributed by atoms with Gasteiger partial charge in [-0.05, 0) is 32.5 Å². The maximum absolute atomic E-state index is 3.57. The second kappa shape index (κ2) is 7.39. The van der Waals surface area contributed by atoms with Gasteiger partial charge in [-0.3, -0.25) is 4.90 Å². The topological polar surface area (TPSA) is 18.5 Å². The molecule has 0 amide bonds. The van der Waals surface area contributed by atoms with E-state index in [2.05, 4.69) is 80.3 Å². The van der Waals surface area contributed by atoms with Crippen molar-refractivity contribution in [3.05, 3.63) is 35.9 Å². The molecule has 21 heavy (non-hydrogen) atoms. The van der Waals surface area contributed by atoms with Crippen LogP contribution in [0.1, 0.15) is 32.4 Å². The highest BCUT2D eigenvalue weighted by Crippen LogP contribution is 2.29. The van der Waals surface area contributed by atoms with Crippen LogP contribution in [0, 0.1) is 5.92 Å². The summed E-state index contributed by atoms with van der Waals surface area (Å²) in [6.07, 6.45) is 0. The highest BCUT2D eigenvalue weighted by Gasteiger charge is 2.35. The van der Waals surface area contributed by atoms with Gasteiger partial charge in [0.25, 0.3) is 0 Å². The summed E-state index contributed by atoms with van der Waals surface area (Å²) in [5.41, 5.74) is 1.39. The van der Waals surface area contributed by atoms with Crippen molar-refractivity contribution < 1.29 is 0 Å². The van der Waals surface area contributed by atoms with Gasteiger partial charge in [0.2, 0.25) is 0 Å². The molecule has 1 aromatic rings. The Balaban J connectivity index is 2.25. The Morgan fingerprint density at radius 1 is 1.14 bits per heavy atom. The molecule has 0 bridgehead atoms. The Hall–Kier alpha value is -0.900. The molecule has 0 saturated carbocycles. The van der Waals surface area contributed by atoms with Crippen molar-refractivity contribution in [2.24, 2.45) is 5.92 Å². The molecule has 2 rings (SSSR count). The Morgan fingerprint density at radius 2 is 1.81 bits per heavy atom. The maximum atomic E-state index is 3.57. The van der Waals surface area contributed by atoms with Crippen LogP contribution >= 0.6 is 0 Å². The van der Waals surface area contributed by atoms with Crippen LogP contribution in [-0.4, -0.2) is 55.6 Å². The van der Waals surface area contributed by atoms with Gasteiger partial charge >= 0.3 is 0 Å². The van der Waals surface area contributed by atoms with E-state index in [1.807, 2.05) is 0 Å². The lowest BCUT2D eigenvalue weighted by Gasteiger charge is -2.47. The van der Waals surface area contributed by atoms with Crippen molar-refractivity contribution >= 4 is 0 Å². The summed E-state index contributed by atoms with van der Waals surface area (Å²) in [5, 5.41) is 3.57. The molecule has 1 aliphatic heterocycles. The fraction of sp³-hybridized carbons (Fsp3) is 0.667. The SMILES string of the molecule is CNC(c1ccccc1)C(C(C)C)N1CCN(C)CC1C. The summed E-state index contributed by atoms with van der Waals surface area (Å²) < 4.78 is 0. The van der Waals surface area contributed by atoms with Crippen molar-refractivity contribution in [3.63, 3.8) is 0 Å². The van der Waals surface area contributed by atoms with Crippen molar-refractivity contribution in [2.75, 3.05) is 33.7 Å².